The third kappa shape index (κ3) is 11.2. The van der Waals surface area contributed by atoms with E-state index in [0.29, 0.717) is 23.4 Å². The average Bonchev–Trinajstić information content (AvgIpc) is 3.06. The molecule has 45 heavy (non-hydrogen) atoms. The highest BCUT2D eigenvalue weighted by Gasteiger charge is 2.24. The first-order chi connectivity index (χ1) is 21.9. The van der Waals surface area contributed by atoms with Gasteiger partial charge in [-0.3, -0.25) is 15.1 Å². The van der Waals surface area contributed by atoms with Crippen molar-refractivity contribution in [2.75, 3.05) is 13.6 Å². The van der Waals surface area contributed by atoms with E-state index in [-0.39, 0.29) is 19.6 Å². The maximum atomic E-state index is 13.0. The van der Waals surface area contributed by atoms with E-state index >= 15 is 0 Å². The molecular formula is C34H34N4O7. The maximum absolute atomic E-state index is 13.0. The summed E-state index contributed by atoms with van der Waals surface area (Å²) in [6.07, 6.45) is -1.14. The van der Waals surface area contributed by atoms with Gasteiger partial charge in [-0.25, -0.2) is 24.9 Å². The zero-order chi connectivity index (χ0) is 31.9. The molecule has 11 heteroatoms. The van der Waals surface area contributed by atoms with Gasteiger partial charge in [-0.1, -0.05) is 91.0 Å². The van der Waals surface area contributed by atoms with Crippen molar-refractivity contribution in [1.82, 2.24) is 21.2 Å². The highest BCUT2D eigenvalue weighted by Crippen LogP contribution is 2.17. The SMILES string of the molecule is CN(CC(=O)NO[C@@H](Cc1ccc(OC(=O)c2ccccc2)cc1)C(=O)OCc1ccccc1)NC(=O)NCc1ccccc1. The lowest BCUT2D eigenvalue weighted by Crippen LogP contribution is -2.49. The highest BCUT2D eigenvalue weighted by molar-refractivity contribution is 5.91. The number of urea groups is 1. The molecule has 4 aromatic carbocycles. The number of nitrogens with zero attached hydrogens (tertiary/aromatic N) is 1. The third-order valence-corrected chi connectivity index (χ3v) is 6.34. The highest BCUT2D eigenvalue weighted by atomic mass is 16.7. The Morgan fingerprint density at radius 3 is 1.98 bits per heavy atom. The quantitative estimate of drug-likeness (QED) is 0.111. The van der Waals surface area contributed by atoms with Crippen molar-refractivity contribution in [2.24, 2.45) is 0 Å². The first kappa shape index (κ1) is 32.4. The number of hydrazine groups is 1. The zero-order valence-electron chi connectivity index (χ0n) is 24.7. The minimum absolute atomic E-state index is 0.0204. The molecule has 0 saturated carbocycles. The van der Waals surface area contributed by atoms with Crippen molar-refractivity contribution in [1.29, 1.82) is 0 Å². The van der Waals surface area contributed by atoms with Gasteiger partial charge in [0.1, 0.15) is 12.4 Å². The maximum Gasteiger partial charge on any atom is 0.343 e. The molecule has 0 aliphatic heterocycles. The molecule has 0 saturated heterocycles. The predicted molar refractivity (Wildman–Crippen MR) is 165 cm³/mol. The molecule has 0 radical (unpaired) electrons. The smallest absolute Gasteiger partial charge is 0.343 e. The fourth-order valence-electron chi connectivity index (χ4n) is 4.06. The largest absolute Gasteiger partial charge is 0.459 e. The van der Waals surface area contributed by atoms with Crippen LogP contribution in [-0.2, 0) is 38.7 Å². The topological polar surface area (TPSA) is 135 Å². The molecule has 0 aromatic heterocycles. The van der Waals surface area contributed by atoms with Crippen LogP contribution in [0.4, 0.5) is 4.79 Å². The van der Waals surface area contributed by atoms with Crippen LogP contribution in [0.25, 0.3) is 0 Å². The molecule has 4 rings (SSSR count). The standard InChI is InChI=1S/C34H34N4O7/c1-38(36-34(42)35-22-26-11-5-2-6-12-26)23-31(39)37-45-30(33(41)43-24-27-13-7-3-8-14-27)21-25-17-19-29(20-18-25)44-32(40)28-15-9-4-10-16-28/h2-20,30H,21-24H2,1H3,(H,37,39)(H2,35,36,42)/t30-/m0/s1. The number of nitrogens with one attached hydrogen (secondary N) is 3. The molecule has 0 spiro atoms. The number of esters is 2. The van der Waals surface area contributed by atoms with E-state index in [1.807, 2.05) is 60.7 Å². The fourth-order valence-corrected chi connectivity index (χ4v) is 4.06. The van der Waals surface area contributed by atoms with Gasteiger partial charge < -0.3 is 14.8 Å². The van der Waals surface area contributed by atoms with Crippen molar-refractivity contribution in [3.05, 3.63) is 138 Å². The molecule has 0 aliphatic carbocycles. The molecule has 4 aromatic rings. The predicted octanol–water partition coefficient (Wildman–Crippen LogP) is 3.95. The molecule has 232 valence electrons. The van der Waals surface area contributed by atoms with Crippen molar-refractivity contribution < 1.29 is 33.5 Å². The van der Waals surface area contributed by atoms with Gasteiger partial charge in [-0.2, -0.15) is 0 Å². The molecule has 0 heterocycles. The second kappa shape index (κ2) is 16.9. The monoisotopic (exact) mass is 610 g/mol. The van der Waals surface area contributed by atoms with Crippen LogP contribution >= 0.6 is 0 Å². The van der Waals surface area contributed by atoms with Crippen molar-refractivity contribution in [2.45, 2.75) is 25.7 Å². The number of hydrogen-bond acceptors (Lipinski definition) is 8. The van der Waals surface area contributed by atoms with Crippen LogP contribution in [0.5, 0.6) is 5.75 Å². The van der Waals surface area contributed by atoms with E-state index in [0.717, 1.165) is 11.1 Å². The number of likely N-dealkylation sites (N-methyl/N-ethyl adjacent to an activating group) is 1. The Bertz CT molecular complexity index is 1540. The summed E-state index contributed by atoms with van der Waals surface area (Å²) < 4.78 is 10.9. The van der Waals surface area contributed by atoms with Crippen LogP contribution in [0.2, 0.25) is 0 Å². The van der Waals surface area contributed by atoms with Crippen LogP contribution in [0.3, 0.4) is 0 Å². The van der Waals surface area contributed by atoms with Gasteiger partial charge in [-0.05, 0) is 41.0 Å². The van der Waals surface area contributed by atoms with E-state index in [1.165, 1.54) is 12.1 Å². The lowest BCUT2D eigenvalue weighted by atomic mass is 10.1. The van der Waals surface area contributed by atoms with Gasteiger partial charge in [0, 0.05) is 20.0 Å². The number of hydrogen-bond donors (Lipinski definition) is 3. The summed E-state index contributed by atoms with van der Waals surface area (Å²) in [7, 11) is 1.51. The van der Waals surface area contributed by atoms with Crippen LogP contribution < -0.4 is 21.0 Å². The van der Waals surface area contributed by atoms with Crippen LogP contribution in [0.15, 0.2) is 115 Å². The Labute approximate surface area is 261 Å². The van der Waals surface area contributed by atoms with Gasteiger partial charge in [0.15, 0.2) is 6.10 Å². The van der Waals surface area contributed by atoms with Crippen LogP contribution in [0.1, 0.15) is 27.0 Å². The summed E-state index contributed by atoms with van der Waals surface area (Å²) in [5, 5.41) is 3.98. The summed E-state index contributed by atoms with van der Waals surface area (Å²) >= 11 is 0. The number of ether oxygens (including phenoxy) is 2. The van der Waals surface area contributed by atoms with Crippen LogP contribution in [-0.4, -0.2) is 48.6 Å². The second-order valence-corrected chi connectivity index (χ2v) is 9.96. The zero-order valence-corrected chi connectivity index (χ0v) is 24.7. The first-order valence-electron chi connectivity index (χ1n) is 14.2. The fraction of sp³-hybridized carbons (Fsp3) is 0.176. The Hall–Kier alpha value is -5.52. The van der Waals surface area contributed by atoms with Gasteiger partial charge in [0.05, 0.1) is 12.1 Å². The molecule has 0 fully saturated rings. The number of carbonyl (C=O) groups excluding carboxylic acids is 4. The van der Waals surface area contributed by atoms with Crippen LogP contribution in [0, 0.1) is 0 Å². The molecule has 0 unspecified atom stereocenters. The first-order valence-corrected chi connectivity index (χ1v) is 14.2. The number of hydroxylamine groups is 1. The molecule has 3 amide bonds. The van der Waals surface area contributed by atoms with E-state index in [2.05, 4.69) is 16.2 Å². The molecule has 11 nitrogen and oxygen atoms in total. The third-order valence-electron chi connectivity index (χ3n) is 6.34. The number of benzene rings is 4. The summed E-state index contributed by atoms with van der Waals surface area (Å²) in [5.41, 5.74) is 7.61. The van der Waals surface area contributed by atoms with E-state index in [4.69, 9.17) is 14.3 Å². The van der Waals surface area contributed by atoms with Crippen molar-refractivity contribution in [3.8, 4) is 5.75 Å². The summed E-state index contributed by atoms with van der Waals surface area (Å²) in [6, 6.07) is 33.2. The summed E-state index contributed by atoms with van der Waals surface area (Å²) in [6.45, 7) is 0.0810. The number of amides is 3. The lowest BCUT2D eigenvalue weighted by Gasteiger charge is -2.20. The second-order valence-electron chi connectivity index (χ2n) is 9.96. The molecule has 1 atom stereocenters. The number of carbonyl (C=O) groups is 4. The Balaban J connectivity index is 1.30. The van der Waals surface area contributed by atoms with Crippen molar-refractivity contribution >= 4 is 23.9 Å². The van der Waals surface area contributed by atoms with Crippen molar-refractivity contribution in [3.63, 3.8) is 0 Å². The lowest BCUT2D eigenvalue weighted by molar-refractivity contribution is -0.167. The Morgan fingerprint density at radius 1 is 0.733 bits per heavy atom. The minimum Gasteiger partial charge on any atom is -0.459 e. The van der Waals surface area contributed by atoms with E-state index < -0.39 is 30.0 Å². The molecule has 0 aliphatic rings. The van der Waals surface area contributed by atoms with Gasteiger partial charge in [0.25, 0.3) is 5.91 Å². The van der Waals surface area contributed by atoms with Gasteiger partial charge in [0.2, 0.25) is 0 Å². The van der Waals surface area contributed by atoms with E-state index in [9.17, 15) is 19.2 Å². The summed E-state index contributed by atoms with van der Waals surface area (Å²) in [5.74, 6) is -1.46. The Kier molecular flexibility index (Phi) is 12.2. The Morgan fingerprint density at radius 2 is 1.33 bits per heavy atom. The normalized spacial score (nSPS) is 11.2. The minimum atomic E-state index is -1.19. The number of rotatable bonds is 14. The average molecular weight is 611 g/mol. The molecular weight excluding hydrogens is 576 g/mol. The van der Waals surface area contributed by atoms with Gasteiger partial charge in [-0.15, -0.1) is 0 Å². The van der Waals surface area contributed by atoms with E-state index in [1.54, 1.807) is 54.6 Å². The van der Waals surface area contributed by atoms with Gasteiger partial charge >= 0.3 is 18.0 Å². The summed E-state index contributed by atoms with van der Waals surface area (Å²) in [4.78, 5) is 55.7. The molecule has 0 bridgehead atoms. The molecule has 3 N–H and O–H groups in total.